The number of carbonyl (C=O) groups is 2. The summed E-state index contributed by atoms with van der Waals surface area (Å²) in [5.41, 5.74) is 7.49. The number of hydrogen-bond acceptors (Lipinski definition) is 5. The number of aliphatic hydroxyl groups excluding tert-OH is 1. The molecule has 2 unspecified atom stereocenters. The van der Waals surface area contributed by atoms with Gasteiger partial charge in [0, 0.05) is 11.3 Å². The number of rotatable bonds is 6. The lowest BCUT2D eigenvalue weighted by Crippen LogP contribution is -2.44. The molecule has 1 aromatic rings. The average Bonchev–Trinajstić information content (AvgIpc) is 2.83. The molecule has 2 rings (SSSR count). The summed E-state index contributed by atoms with van der Waals surface area (Å²) in [6.45, 7) is 0.434. The van der Waals surface area contributed by atoms with Crippen LogP contribution in [-0.4, -0.2) is 44.5 Å². The second-order valence-electron chi connectivity index (χ2n) is 5.15. The van der Waals surface area contributed by atoms with Gasteiger partial charge < -0.3 is 21.3 Å². The van der Waals surface area contributed by atoms with Crippen molar-refractivity contribution in [3.05, 3.63) is 17.5 Å². The van der Waals surface area contributed by atoms with E-state index in [-0.39, 0.29) is 12.6 Å². The first-order valence-electron chi connectivity index (χ1n) is 6.96. The Morgan fingerprint density at radius 3 is 3.00 bits per heavy atom. The summed E-state index contributed by atoms with van der Waals surface area (Å²) in [6.07, 6.45) is 3.81. The largest absolute Gasteiger partial charge is 0.481 e. The number of aromatic nitrogens is 2. The third kappa shape index (κ3) is 3.59. The molecule has 2 atom stereocenters. The summed E-state index contributed by atoms with van der Waals surface area (Å²) < 4.78 is 1.74. The Kier molecular flexibility index (Phi) is 4.92. The summed E-state index contributed by atoms with van der Waals surface area (Å²) in [6, 6.07) is -1.26. The smallest absolute Gasteiger partial charge is 0.305 e. The standard InChI is InChI=1S/C13H20N4O4/c14-9(6-12(19)20)13(21)16-10-2-1-3-11-8(10)7-15-17(11)4-5-18/h7,9-10,18H,1-6,14H2,(H,16,21)(H,19,20). The van der Waals surface area contributed by atoms with Crippen molar-refractivity contribution in [3.63, 3.8) is 0 Å². The quantitative estimate of drug-likeness (QED) is 0.542. The highest BCUT2D eigenvalue weighted by Crippen LogP contribution is 2.29. The van der Waals surface area contributed by atoms with Crippen LogP contribution in [0.2, 0.25) is 0 Å². The van der Waals surface area contributed by atoms with Crippen LogP contribution in [0.3, 0.4) is 0 Å². The molecule has 0 aromatic carbocycles. The van der Waals surface area contributed by atoms with Crippen LogP contribution in [0.1, 0.15) is 36.6 Å². The van der Waals surface area contributed by atoms with Gasteiger partial charge in [-0.25, -0.2) is 0 Å². The van der Waals surface area contributed by atoms with E-state index in [4.69, 9.17) is 15.9 Å². The first kappa shape index (κ1) is 15.5. The molecule has 1 aromatic heterocycles. The predicted octanol–water partition coefficient (Wildman–Crippen LogP) is -0.829. The third-order valence-electron chi connectivity index (χ3n) is 3.62. The van der Waals surface area contributed by atoms with Crippen molar-refractivity contribution in [2.45, 2.75) is 44.3 Å². The number of fused-ring (bicyclic) bond motifs is 1. The van der Waals surface area contributed by atoms with Crippen LogP contribution in [0.15, 0.2) is 6.20 Å². The van der Waals surface area contributed by atoms with Crippen molar-refractivity contribution >= 4 is 11.9 Å². The van der Waals surface area contributed by atoms with Gasteiger partial charge >= 0.3 is 5.97 Å². The summed E-state index contributed by atoms with van der Waals surface area (Å²) in [4.78, 5) is 22.5. The second kappa shape index (κ2) is 6.68. The van der Waals surface area contributed by atoms with E-state index in [2.05, 4.69) is 10.4 Å². The molecule has 0 aliphatic heterocycles. The van der Waals surface area contributed by atoms with E-state index in [1.807, 2.05) is 0 Å². The molecule has 8 heteroatoms. The summed E-state index contributed by atoms with van der Waals surface area (Å²) in [7, 11) is 0. The van der Waals surface area contributed by atoms with Gasteiger partial charge in [-0.3, -0.25) is 14.3 Å². The molecule has 1 aliphatic carbocycles. The highest BCUT2D eigenvalue weighted by molar-refractivity contribution is 5.86. The van der Waals surface area contributed by atoms with E-state index in [0.29, 0.717) is 6.54 Å². The maximum atomic E-state index is 11.9. The molecular weight excluding hydrogens is 276 g/mol. The molecule has 116 valence electrons. The van der Waals surface area contributed by atoms with Crippen LogP contribution >= 0.6 is 0 Å². The van der Waals surface area contributed by atoms with Gasteiger partial charge in [-0.05, 0) is 19.3 Å². The van der Waals surface area contributed by atoms with Gasteiger partial charge in [-0.2, -0.15) is 5.10 Å². The van der Waals surface area contributed by atoms with Crippen molar-refractivity contribution in [2.24, 2.45) is 5.73 Å². The first-order chi connectivity index (χ1) is 10.0. The predicted molar refractivity (Wildman–Crippen MR) is 73.4 cm³/mol. The van der Waals surface area contributed by atoms with E-state index >= 15 is 0 Å². The highest BCUT2D eigenvalue weighted by atomic mass is 16.4. The third-order valence-corrected chi connectivity index (χ3v) is 3.62. The maximum absolute atomic E-state index is 11.9. The lowest BCUT2D eigenvalue weighted by Gasteiger charge is -2.25. The molecule has 5 N–H and O–H groups in total. The van der Waals surface area contributed by atoms with Crippen molar-refractivity contribution < 1.29 is 19.8 Å². The zero-order valence-corrected chi connectivity index (χ0v) is 11.7. The Morgan fingerprint density at radius 2 is 2.33 bits per heavy atom. The molecule has 0 saturated carbocycles. The minimum atomic E-state index is -1.10. The topological polar surface area (TPSA) is 130 Å². The van der Waals surface area contributed by atoms with E-state index < -0.39 is 24.3 Å². The fraction of sp³-hybridized carbons (Fsp3) is 0.615. The van der Waals surface area contributed by atoms with Gasteiger partial charge in [-0.15, -0.1) is 0 Å². The zero-order valence-electron chi connectivity index (χ0n) is 11.7. The molecule has 0 bridgehead atoms. The number of nitrogens with two attached hydrogens (primary N) is 1. The van der Waals surface area contributed by atoms with Crippen LogP contribution < -0.4 is 11.1 Å². The number of nitrogens with zero attached hydrogens (tertiary/aromatic N) is 2. The van der Waals surface area contributed by atoms with Gasteiger partial charge in [0.15, 0.2) is 0 Å². The SMILES string of the molecule is NC(CC(=O)O)C(=O)NC1CCCc2c1cnn2CCO. The molecule has 0 fully saturated rings. The Morgan fingerprint density at radius 1 is 1.57 bits per heavy atom. The van der Waals surface area contributed by atoms with Gasteiger partial charge in [-0.1, -0.05) is 0 Å². The molecule has 1 heterocycles. The molecule has 0 saturated heterocycles. The number of aliphatic carboxylic acids is 1. The number of carboxylic acids is 1. The van der Waals surface area contributed by atoms with Crippen molar-refractivity contribution in [1.82, 2.24) is 15.1 Å². The number of hydrogen-bond donors (Lipinski definition) is 4. The van der Waals surface area contributed by atoms with Crippen molar-refractivity contribution in [2.75, 3.05) is 6.61 Å². The number of aliphatic hydroxyl groups is 1. The second-order valence-corrected chi connectivity index (χ2v) is 5.15. The van der Waals surface area contributed by atoms with E-state index in [1.54, 1.807) is 10.9 Å². The summed E-state index contributed by atoms with van der Waals surface area (Å²) >= 11 is 0. The normalized spacial score (nSPS) is 18.9. The van der Waals surface area contributed by atoms with Crippen LogP contribution in [0.25, 0.3) is 0 Å². The number of carboxylic acid groups (broad SMARTS) is 1. The number of amides is 1. The van der Waals surface area contributed by atoms with Gasteiger partial charge in [0.2, 0.25) is 5.91 Å². The monoisotopic (exact) mass is 296 g/mol. The zero-order chi connectivity index (χ0) is 15.4. The molecule has 0 radical (unpaired) electrons. The van der Waals surface area contributed by atoms with Crippen molar-refractivity contribution in [1.29, 1.82) is 0 Å². The van der Waals surface area contributed by atoms with E-state index in [9.17, 15) is 9.59 Å². The number of carbonyl (C=O) groups excluding carboxylic acids is 1. The maximum Gasteiger partial charge on any atom is 0.305 e. The Labute approximate surface area is 121 Å². The fourth-order valence-corrected chi connectivity index (χ4v) is 2.62. The van der Waals surface area contributed by atoms with E-state index in [1.165, 1.54) is 0 Å². The molecule has 1 amide bonds. The molecule has 8 nitrogen and oxygen atoms in total. The molecule has 21 heavy (non-hydrogen) atoms. The highest BCUT2D eigenvalue weighted by Gasteiger charge is 2.27. The lowest BCUT2D eigenvalue weighted by molar-refractivity contribution is -0.139. The van der Waals surface area contributed by atoms with Gasteiger partial charge in [0.1, 0.15) is 0 Å². The molecule has 0 spiro atoms. The van der Waals surface area contributed by atoms with E-state index in [0.717, 1.165) is 30.5 Å². The molecule has 1 aliphatic rings. The minimum absolute atomic E-state index is 0.00856. The Bertz CT molecular complexity index is 528. The summed E-state index contributed by atoms with van der Waals surface area (Å²) in [5, 5.41) is 24.7. The molecular formula is C13H20N4O4. The Hall–Kier alpha value is -1.93. The van der Waals surface area contributed by atoms with Crippen molar-refractivity contribution in [3.8, 4) is 0 Å². The van der Waals surface area contributed by atoms with Crippen LogP contribution in [-0.2, 0) is 22.6 Å². The Balaban J connectivity index is 2.06. The van der Waals surface area contributed by atoms with Crippen LogP contribution in [0, 0.1) is 0 Å². The van der Waals surface area contributed by atoms with Crippen LogP contribution in [0.5, 0.6) is 0 Å². The fourth-order valence-electron chi connectivity index (χ4n) is 2.62. The number of nitrogens with one attached hydrogen (secondary N) is 1. The first-order valence-corrected chi connectivity index (χ1v) is 6.96. The van der Waals surface area contributed by atoms with Crippen LogP contribution in [0.4, 0.5) is 0 Å². The average molecular weight is 296 g/mol. The van der Waals surface area contributed by atoms with Gasteiger partial charge in [0.05, 0.1) is 37.9 Å². The minimum Gasteiger partial charge on any atom is -0.481 e. The summed E-state index contributed by atoms with van der Waals surface area (Å²) in [5.74, 6) is -1.57. The lowest BCUT2D eigenvalue weighted by atomic mass is 9.92. The van der Waals surface area contributed by atoms with Gasteiger partial charge in [0.25, 0.3) is 0 Å².